The Morgan fingerprint density at radius 3 is 2.42 bits per heavy atom. The summed E-state index contributed by atoms with van der Waals surface area (Å²) in [6.07, 6.45) is 2.63. The molecule has 1 unspecified atom stereocenters. The molecule has 5 nitrogen and oxygen atoms in total. The highest BCUT2D eigenvalue weighted by atomic mass is 16.5. The quantitative estimate of drug-likeness (QED) is 0.772. The zero-order valence-corrected chi connectivity index (χ0v) is 14.7. The molecule has 1 saturated heterocycles. The first-order chi connectivity index (χ1) is 11.7. The minimum atomic E-state index is -0.270. The van der Waals surface area contributed by atoms with Crippen LogP contribution in [-0.4, -0.2) is 48.5 Å². The average Bonchev–Trinajstić information content (AvgIpc) is 2.62. The highest BCUT2D eigenvalue weighted by Crippen LogP contribution is 2.24. The Hall–Kier alpha value is -2.06. The number of nitrogens with zero attached hydrogens (tertiary/aromatic N) is 3. The first kappa shape index (κ1) is 18.3. The molecule has 1 aliphatic rings. The zero-order valence-electron chi connectivity index (χ0n) is 14.7. The number of hydrogen-bond acceptors (Lipinski definition) is 4. The van der Waals surface area contributed by atoms with Crippen LogP contribution in [0.2, 0.25) is 0 Å². The molecule has 0 saturated carbocycles. The van der Waals surface area contributed by atoms with Crippen LogP contribution in [0.1, 0.15) is 44.7 Å². The van der Waals surface area contributed by atoms with E-state index in [1.165, 1.54) is 0 Å². The van der Waals surface area contributed by atoms with Crippen LogP contribution in [0.25, 0.3) is 0 Å². The molecule has 1 aromatic carbocycles. The lowest BCUT2D eigenvalue weighted by Crippen LogP contribution is -2.49. The van der Waals surface area contributed by atoms with Gasteiger partial charge in [-0.3, -0.25) is 9.69 Å². The van der Waals surface area contributed by atoms with Gasteiger partial charge in [0, 0.05) is 32.6 Å². The smallest absolute Gasteiger partial charge is 0.222 e. The second kappa shape index (κ2) is 9.29. The van der Waals surface area contributed by atoms with Crippen LogP contribution >= 0.6 is 0 Å². The molecule has 1 atom stereocenters. The molecule has 1 aromatic rings. The second-order valence-electron chi connectivity index (χ2n) is 6.05. The van der Waals surface area contributed by atoms with Gasteiger partial charge in [0.25, 0.3) is 0 Å². The predicted octanol–water partition coefficient (Wildman–Crippen LogP) is 2.98. The van der Waals surface area contributed by atoms with E-state index in [1.54, 1.807) is 0 Å². The van der Waals surface area contributed by atoms with Crippen LogP contribution in [0.4, 0.5) is 0 Å². The van der Waals surface area contributed by atoms with Gasteiger partial charge >= 0.3 is 0 Å². The van der Waals surface area contributed by atoms with E-state index in [-0.39, 0.29) is 11.9 Å². The van der Waals surface area contributed by atoms with Crippen molar-refractivity contribution in [1.29, 1.82) is 5.26 Å². The Kier molecular flexibility index (Phi) is 7.07. The molecule has 0 aliphatic carbocycles. The van der Waals surface area contributed by atoms with E-state index >= 15 is 0 Å². The minimum Gasteiger partial charge on any atom is -0.494 e. The van der Waals surface area contributed by atoms with Crippen LogP contribution in [0.15, 0.2) is 24.3 Å². The molecule has 5 heteroatoms. The highest BCUT2D eigenvalue weighted by molar-refractivity contribution is 5.76. The molecular formula is C19H27N3O2. The Morgan fingerprint density at radius 1 is 1.21 bits per heavy atom. The molecule has 1 fully saturated rings. The second-order valence-corrected chi connectivity index (χ2v) is 6.05. The summed E-state index contributed by atoms with van der Waals surface area (Å²) < 4.78 is 5.45. The van der Waals surface area contributed by atoms with Crippen molar-refractivity contribution >= 4 is 5.91 Å². The van der Waals surface area contributed by atoms with Crippen molar-refractivity contribution in [2.45, 2.75) is 39.2 Å². The fourth-order valence-corrected chi connectivity index (χ4v) is 3.00. The lowest BCUT2D eigenvalue weighted by atomic mass is 10.1. The number of benzene rings is 1. The van der Waals surface area contributed by atoms with Gasteiger partial charge in [0.2, 0.25) is 5.91 Å². The van der Waals surface area contributed by atoms with Crippen molar-refractivity contribution in [1.82, 2.24) is 9.80 Å². The van der Waals surface area contributed by atoms with Gasteiger partial charge in [-0.05, 0) is 31.0 Å². The fraction of sp³-hybridized carbons (Fsp3) is 0.579. The van der Waals surface area contributed by atoms with Crippen LogP contribution in [0, 0.1) is 11.3 Å². The summed E-state index contributed by atoms with van der Waals surface area (Å²) in [7, 11) is 0. The molecule has 1 heterocycles. The van der Waals surface area contributed by atoms with Gasteiger partial charge < -0.3 is 9.64 Å². The largest absolute Gasteiger partial charge is 0.494 e. The maximum Gasteiger partial charge on any atom is 0.222 e. The summed E-state index contributed by atoms with van der Waals surface area (Å²) >= 11 is 0. The summed E-state index contributed by atoms with van der Waals surface area (Å²) in [6.45, 7) is 7.57. The number of nitriles is 1. The number of ether oxygens (including phenoxy) is 1. The van der Waals surface area contributed by atoms with E-state index in [0.29, 0.717) is 26.1 Å². The van der Waals surface area contributed by atoms with E-state index < -0.39 is 0 Å². The van der Waals surface area contributed by atoms with Gasteiger partial charge in [0.05, 0.1) is 12.7 Å². The van der Waals surface area contributed by atoms with E-state index in [0.717, 1.165) is 37.2 Å². The maximum atomic E-state index is 12.1. The molecule has 0 radical (unpaired) electrons. The van der Waals surface area contributed by atoms with E-state index in [1.807, 2.05) is 36.1 Å². The van der Waals surface area contributed by atoms with Crippen molar-refractivity contribution in [2.24, 2.45) is 0 Å². The van der Waals surface area contributed by atoms with Gasteiger partial charge in [-0.2, -0.15) is 5.26 Å². The lowest BCUT2D eigenvalue weighted by molar-refractivity contribution is -0.133. The molecule has 0 N–H and O–H groups in total. The summed E-state index contributed by atoms with van der Waals surface area (Å²) in [5.41, 5.74) is 0.978. The SMILES string of the molecule is CCCCC(=O)N1CCN(C(C#N)c2ccc(OCC)cc2)CC1. The van der Waals surface area contributed by atoms with Gasteiger partial charge in [0.1, 0.15) is 11.8 Å². The lowest BCUT2D eigenvalue weighted by Gasteiger charge is -2.37. The normalized spacial score (nSPS) is 16.5. The van der Waals surface area contributed by atoms with Gasteiger partial charge in [-0.15, -0.1) is 0 Å². The highest BCUT2D eigenvalue weighted by Gasteiger charge is 2.26. The van der Waals surface area contributed by atoms with E-state index in [4.69, 9.17) is 4.74 Å². The molecule has 0 spiro atoms. The third-order valence-electron chi connectivity index (χ3n) is 4.41. The van der Waals surface area contributed by atoms with Crippen LogP contribution in [0.3, 0.4) is 0 Å². The fourth-order valence-electron chi connectivity index (χ4n) is 3.00. The predicted molar refractivity (Wildman–Crippen MR) is 93.6 cm³/mol. The van der Waals surface area contributed by atoms with Gasteiger partial charge in [0.15, 0.2) is 0 Å². The molecule has 1 amide bonds. The number of unbranched alkanes of at least 4 members (excludes halogenated alkanes) is 1. The van der Waals surface area contributed by atoms with Gasteiger partial charge in [-0.1, -0.05) is 25.5 Å². The van der Waals surface area contributed by atoms with E-state index in [2.05, 4.69) is 17.9 Å². The van der Waals surface area contributed by atoms with E-state index in [9.17, 15) is 10.1 Å². The number of carbonyl (C=O) groups is 1. The third kappa shape index (κ3) is 4.72. The maximum absolute atomic E-state index is 12.1. The Balaban J connectivity index is 1.93. The molecule has 2 rings (SSSR count). The van der Waals surface area contributed by atoms with Crippen molar-refractivity contribution in [3.05, 3.63) is 29.8 Å². The molecule has 24 heavy (non-hydrogen) atoms. The zero-order chi connectivity index (χ0) is 17.4. The molecule has 0 aromatic heterocycles. The Morgan fingerprint density at radius 2 is 1.88 bits per heavy atom. The topological polar surface area (TPSA) is 56.6 Å². The van der Waals surface area contributed by atoms with Crippen molar-refractivity contribution < 1.29 is 9.53 Å². The minimum absolute atomic E-state index is 0.242. The van der Waals surface area contributed by atoms with Crippen molar-refractivity contribution in [2.75, 3.05) is 32.8 Å². The van der Waals surface area contributed by atoms with Crippen LogP contribution in [-0.2, 0) is 4.79 Å². The number of piperazine rings is 1. The molecule has 1 aliphatic heterocycles. The average molecular weight is 329 g/mol. The monoisotopic (exact) mass is 329 g/mol. The molecular weight excluding hydrogens is 302 g/mol. The third-order valence-corrected chi connectivity index (χ3v) is 4.41. The molecule has 0 bridgehead atoms. The first-order valence-electron chi connectivity index (χ1n) is 8.83. The Bertz CT molecular complexity index is 557. The first-order valence-corrected chi connectivity index (χ1v) is 8.83. The standard InChI is InChI=1S/C19H27N3O2/c1-3-5-6-19(23)22-13-11-21(12-14-22)18(15-20)16-7-9-17(10-8-16)24-4-2/h7-10,18H,3-6,11-14H2,1-2H3. The summed E-state index contributed by atoms with van der Waals surface area (Å²) in [5, 5.41) is 9.59. The van der Waals surface area contributed by atoms with Crippen LogP contribution < -0.4 is 4.74 Å². The Labute approximate surface area is 144 Å². The summed E-state index contributed by atoms with van der Waals surface area (Å²) in [4.78, 5) is 16.2. The van der Waals surface area contributed by atoms with Gasteiger partial charge in [-0.25, -0.2) is 0 Å². The van der Waals surface area contributed by atoms with Crippen molar-refractivity contribution in [3.8, 4) is 11.8 Å². The summed E-state index contributed by atoms with van der Waals surface area (Å²) in [6, 6.07) is 9.86. The number of hydrogen-bond donors (Lipinski definition) is 0. The molecule has 130 valence electrons. The number of amides is 1. The van der Waals surface area contributed by atoms with Crippen molar-refractivity contribution in [3.63, 3.8) is 0 Å². The summed E-state index contributed by atoms with van der Waals surface area (Å²) in [5.74, 6) is 1.07. The van der Waals surface area contributed by atoms with Crippen LogP contribution in [0.5, 0.6) is 5.75 Å². The number of rotatable bonds is 7. The number of carbonyl (C=O) groups excluding carboxylic acids is 1.